The number of halogens is 2. The zero-order chi connectivity index (χ0) is 17.1. The van der Waals surface area contributed by atoms with Crippen LogP contribution in [0, 0.1) is 3.57 Å². The van der Waals surface area contributed by atoms with E-state index in [-0.39, 0.29) is 17.3 Å². The van der Waals surface area contributed by atoms with E-state index in [1.165, 1.54) is 6.08 Å². The first-order valence-electron chi connectivity index (χ1n) is 6.42. The van der Waals surface area contributed by atoms with Crippen LogP contribution in [-0.4, -0.2) is 40.3 Å². The molecule has 1 heterocycles. The van der Waals surface area contributed by atoms with Gasteiger partial charge in [-0.2, -0.15) is 0 Å². The first kappa shape index (κ1) is 18.3. The van der Waals surface area contributed by atoms with Crippen LogP contribution in [0.25, 0.3) is 6.08 Å². The van der Waals surface area contributed by atoms with E-state index in [4.69, 9.17) is 4.74 Å². The van der Waals surface area contributed by atoms with Crippen LogP contribution in [0.15, 0.2) is 21.5 Å². The molecule has 9 heteroatoms. The second-order valence-corrected chi connectivity index (χ2v) is 7.47. The molecule has 1 fully saturated rings. The van der Waals surface area contributed by atoms with Gasteiger partial charge in [0.15, 0.2) is 0 Å². The van der Waals surface area contributed by atoms with Gasteiger partial charge in [-0.25, -0.2) is 0 Å². The molecular formula is C14H11BrINO5S. The number of esters is 1. The van der Waals surface area contributed by atoms with Gasteiger partial charge in [0, 0.05) is 10.0 Å². The first-order valence-corrected chi connectivity index (χ1v) is 9.11. The largest absolute Gasteiger partial charge is 0.506 e. The molecule has 0 aromatic heterocycles. The fourth-order valence-electron chi connectivity index (χ4n) is 1.81. The number of ether oxygens (including phenoxy) is 1. The minimum Gasteiger partial charge on any atom is -0.506 e. The second-order valence-electron chi connectivity index (χ2n) is 4.40. The van der Waals surface area contributed by atoms with Crippen molar-refractivity contribution in [1.82, 2.24) is 4.90 Å². The smallest absolute Gasteiger partial charge is 0.326 e. The number of phenolic OH excluding ortho intramolecular Hbond substituents is 1. The van der Waals surface area contributed by atoms with Crippen molar-refractivity contribution in [1.29, 1.82) is 0 Å². The Morgan fingerprint density at radius 1 is 1.48 bits per heavy atom. The van der Waals surface area contributed by atoms with E-state index in [1.54, 1.807) is 19.1 Å². The molecule has 0 aliphatic carbocycles. The van der Waals surface area contributed by atoms with Gasteiger partial charge in [0.1, 0.15) is 12.3 Å². The normalized spacial score (nSPS) is 16.3. The maximum atomic E-state index is 12.3. The molecule has 0 bridgehead atoms. The number of phenols is 1. The minimum absolute atomic E-state index is 0.0194. The highest BCUT2D eigenvalue weighted by Crippen LogP contribution is 2.36. The molecule has 2 amide bonds. The summed E-state index contributed by atoms with van der Waals surface area (Å²) in [6.07, 6.45) is 1.43. The maximum absolute atomic E-state index is 12.3. The molecule has 1 aliphatic rings. The van der Waals surface area contributed by atoms with Crippen molar-refractivity contribution in [3.05, 3.63) is 30.6 Å². The van der Waals surface area contributed by atoms with Gasteiger partial charge in [0.2, 0.25) is 0 Å². The number of carbonyl (C=O) groups is 3. The van der Waals surface area contributed by atoms with E-state index in [0.29, 0.717) is 9.13 Å². The van der Waals surface area contributed by atoms with Crippen molar-refractivity contribution in [2.45, 2.75) is 6.92 Å². The molecule has 0 atom stereocenters. The average molecular weight is 512 g/mol. The predicted molar refractivity (Wildman–Crippen MR) is 97.8 cm³/mol. The van der Waals surface area contributed by atoms with Gasteiger partial charge in [0.25, 0.3) is 11.1 Å². The van der Waals surface area contributed by atoms with Crippen molar-refractivity contribution in [3.8, 4) is 5.75 Å². The van der Waals surface area contributed by atoms with Gasteiger partial charge in [-0.15, -0.1) is 0 Å². The summed E-state index contributed by atoms with van der Waals surface area (Å²) < 4.78 is 6.08. The molecule has 1 N–H and O–H groups in total. The zero-order valence-electron chi connectivity index (χ0n) is 11.8. The van der Waals surface area contributed by atoms with E-state index in [9.17, 15) is 19.5 Å². The Bertz CT molecular complexity index is 721. The van der Waals surface area contributed by atoms with E-state index in [2.05, 4.69) is 15.9 Å². The summed E-state index contributed by atoms with van der Waals surface area (Å²) in [4.78, 5) is 36.6. The van der Waals surface area contributed by atoms with Crippen molar-refractivity contribution < 1.29 is 24.2 Å². The number of amides is 2. The van der Waals surface area contributed by atoms with E-state index < -0.39 is 23.7 Å². The first-order chi connectivity index (χ1) is 10.8. The number of thioether (sulfide) groups is 1. The molecule has 0 spiro atoms. The lowest BCUT2D eigenvalue weighted by Gasteiger charge is -2.10. The molecule has 2 rings (SSSR count). The third kappa shape index (κ3) is 4.27. The van der Waals surface area contributed by atoms with Crippen LogP contribution in [0.4, 0.5) is 4.79 Å². The fraction of sp³-hybridized carbons (Fsp3) is 0.214. The Morgan fingerprint density at radius 2 is 2.17 bits per heavy atom. The molecule has 0 radical (unpaired) electrons. The van der Waals surface area contributed by atoms with Gasteiger partial charge in [-0.05, 0) is 59.5 Å². The molecule has 23 heavy (non-hydrogen) atoms. The van der Waals surface area contributed by atoms with Crippen LogP contribution in [-0.2, 0) is 14.3 Å². The molecule has 1 aromatic carbocycles. The Kier molecular flexibility index (Phi) is 6.09. The standard InChI is InChI=1S/C14H11BrINO5S/c1-2-22-11(18)6-17-13(20)10(23-14(17)21)4-7-3-8(15)5-9(16)12(7)19/h3-5,19H,2,6H2,1H3/b10-4-. The molecule has 1 saturated heterocycles. The van der Waals surface area contributed by atoms with Crippen LogP contribution >= 0.6 is 50.3 Å². The fourth-order valence-corrected chi connectivity index (χ4v) is 4.19. The topological polar surface area (TPSA) is 83.9 Å². The Morgan fingerprint density at radius 3 is 2.83 bits per heavy atom. The number of hydrogen-bond acceptors (Lipinski definition) is 6. The molecular weight excluding hydrogens is 501 g/mol. The van der Waals surface area contributed by atoms with Gasteiger partial charge in [-0.3, -0.25) is 19.3 Å². The lowest BCUT2D eigenvalue weighted by Crippen LogP contribution is -2.34. The third-order valence-corrected chi connectivity index (χ3v) is 5.00. The number of hydrogen-bond donors (Lipinski definition) is 1. The summed E-state index contributed by atoms with van der Waals surface area (Å²) in [7, 11) is 0. The second kappa shape index (κ2) is 7.67. The molecule has 1 aliphatic heterocycles. The quantitative estimate of drug-likeness (QED) is 0.379. The summed E-state index contributed by atoms with van der Waals surface area (Å²) in [5.74, 6) is -1.20. The number of carbonyl (C=O) groups excluding carboxylic acids is 3. The van der Waals surface area contributed by atoms with E-state index >= 15 is 0 Å². The number of benzene rings is 1. The van der Waals surface area contributed by atoms with Crippen LogP contribution in [0.1, 0.15) is 12.5 Å². The highest BCUT2D eigenvalue weighted by molar-refractivity contribution is 14.1. The predicted octanol–water partition coefficient (Wildman–Crippen LogP) is 3.36. The summed E-state index contributed by atoms with van der Waals surface area (Å²) in [6, 6.07) is 3.36. The van der Waals surface area contributed by atoms with Crippen molar-refractivity contribution in [2.24, 2.45) is 0 Å². The minimum atomic E-state index is -0.643. The number of rotatable bonds is 4. The maximum Gasteiger partial charge on any atom is 0.326 e. The zero-order valence-corrected chi connectivity index (χ0v) is 16.4. The SMILES string of the molecule is CCOC(=O)CN1C(=O)S/C(=C\c2cc(Br)cc(I)c2O)C1=O. The molecule has 0 saturated carbocycles. The van der Waals surface area contributed by atoms with Crippen LogP contribution < -0.4 is 0 Å². The molecule has 1 aromatic rings. The van der Waals surface area contributed by atoms with Crippen molar-refractivity contribution >= 4 is 73.5 Å². The monoisotopic (exact) mass is 511 g/mol. The number of aromatic hydroxyl groups is 1. The van der Waals surface area contributed by atoms with Gasteiger partial charge < -0.3 is 9.84 Å². The molecule has 6 nitrogen and oxygen atoms in total. The van der Waals surface area contributed by atoms with Gasteiger partial charge >= 0.3 is 5.97 Å². The highest BCUT2D eigenvalue weighted by Gasteiger charge is 2.36. The highest BCUT2D eigenvalue weighted by atomic mass is 127. The van der Waals surface area contributed by atoms with Crippen LogP contribution in [0.2, 0.25) is 0 Å². The van der Waals surface area contributed by atoms with Crippen LogP contribution in [0.5, 0.6) is 5.75 Å². The third-order valence-electron chi connectivity index (χ3n) is 2.81. The Balaban J connectivity index is 2.27. The lowest BCUT2D eigenvalue weighted by molar-refractivity contribution is -0.145. The Hall–Kier alpha value is -1.07. The molecule has 122 valence electrons. The summed E-state index contributed by atoms with van der Waals surface area (Å²) in [5.41, 5.74) is 0.408. The van der Waals surface area contributed by atoms with E-state index in [0.717, 1.165) is 21.1 Å². The number of imide groups is 1. The van der Waals surface area contributed by atoms with Crippen molar-refractivity contribution in [3.63, 3.8) is 0 Å². The Labute approximate surface area is 158 Å². The average Bonchev–Trinajstić information content (AvgIpc) is 2.72. The molecule has 0 unspecified atom stereocenters. The summed E-state index contributed by atoms with van der Waals surface area (Å²) in [5, 5.41) is 9.51. The summed E-state index contributed by atoms with van der Waals surface area (Å²) >= 11 is 5.99. The summed E-state index contributed by atoms with van der Waals surface area (Å²) in [6.45, 7) is 1.40. The lowest BCUT2D eigenvalue weighted by atomic mass is 10.2. The number of nitrogens with zero attached hydrogens (tertiary/aromatic N) is 1. The van der Waals surface area contributed by atoms with Crippen molar-refractivity contribution in [2.75, 3.05) is 13.2 Å². The van der Waals surface area contributed by atoms with Gasteiger partial charge in [0.05, 0.1) is 15.1 Å². The van der Waals surface area contributed by atoms with E-state index in [1.807, 2.05) is 22.6 Å². The van der Waals surface area contributed by atoms with Gasteiger partial charge in [-0.1, -0.05) is 15.9 Å². The van der Waals surface area contributed by atoms with Crippen LogP contribution in [0.3, 0.4) is 0 Å².